The molecular weight excluding hydrogens is 338 g/mol. The van der Waals surface area contributed by atoms with E-state index in [-0.39, 0.29) is 0 Å². The summed E-state index contributed by atoms with van der Waals surface area (Å²) in [7, 11) is 1.69. The molecule has 2 aromatic rings. The number of nitrogens with one attached hydrogen (secondary N) is 1. The van der Waals surface area contributed by atoms with Gasteiger partial charge in [0.15, 0.2) is 0 Å². The summed E-state index contributed by atoms with van der Waals surface area (Å²) in [6.45, 7) is 1.61. The molecule has 1 aliphatic rings. The van der Waals surface area contributed by atoms with E-state index in [1.165, 1.54) is 14.9 Å². The third-order valence-electron chi connectivity index (χ3n) is 3.46. The summed E-state index contributed by atoms with van der Waals surface area (Å²) in [5.74, 6) is 1.83. The van der Waals surface area contributed by atoms with Gasteiger partial charge in [-0.15, -0.1) is 11.3 Å². The van der Waals surface area contributed by atoms with Gasteiger partial charge >= 0.3 is 0 Å². The molecule has 0 aliphatic carbocycles. The molecule has 0 saturated heterocycles. The van der Waals surface area contributed by atoms with Crippen LogP contribution >= 0.6 is 27.3 Å². The molecule has 1 atom stereocenters. The Morgan fingerprint density at radius 1 is 1.45 bits per heavy atom. The van der Waals surface area contributed by atoms with Gasteiger partial charge in [-0.3, -0.25) is 0 Å². The minimum absolute atomic E-state index is 0.308. The molecule has 1 N–H and O–H groups in total. The van der Waals surface area contributed by atoms with Crippen LogP contribution in [0, 0.1) is 0 Å². The smallest absolute Gasteiger partial charge is 0.124 e. The van der Waals surface area contributed by atoms with Crippen LogP contribution in [0.1, 0.15) is 22.9 Å². The Hall–Kier alpha value is -1.04. The van der Waals surface area contributed by atoms with E-state index in [1.807, 2.05) is 12.1 Å². The molecule has 5 heteroatoms. The number of rotatable bonds is 4. The third kappa shape index (κ3) is 2.85. The topological polar surface area (TPSA) is 30.5 Å². The average Bonchev–Trinajstić information content (AvgIpc) is 2.89. The fourth-order valence-corrected chi connectivity index (χ4v) is 3.82. The van der Waals surface area contributed by atoms with Gasteiger partial charge in [0.25, 0.3) is 0 Å². The summed E-state index contributed by atoms with van der Waals surface area (Å²) in [5, 5.41) is 5.72. The largest absolute Gasteiger partial charge is 0.497 e. The number of methoxy groups -OCH3 is 1. The molecule has 3 nitrogen and oxygen atoms in total. The Kier molecular flexibility index (Phi) is 4.29. The van der Waals surface area contributed by atoms with Crippen molar-refractivity contribution in [3.63, 3.8) is 0 Å². The van der Waals surface area contributed by atoms with Crippen molar-refractivity contribution in [1.29, 1.82) is 0 Å². The molecular formula is C15H16BrNO2S. The maximum Gasteiger partial charge on any atom is 0.124 e. The fraction of sp³-hybridized carbons (Fsp3) is 0.333. The van der Waals surface area contributed by atoms with Crippen molar-refractivity contribution in [1.82, 2.24) is 5.32 Å². The first-order valence-electron chi connectivity index (χ1n) is 6.54. The van der Waals surface area contributed by atoms with E-state index >= 15 is 0 Å². The highest BCUT2D eigenvalue weighted by Crippen LogP contribution is 2.35. The first-order chi connectivity index (χ1) is 9.78. The quantitative estimate of drug-likeness (QED) is 0.896. The number of halogens is 1. The van der Waals surface area contributed by atoms with E-state index in [4.69, 9.17) is 9.47 Å². The van der Waals surface area contributed by atoms with Crippen LogP contribution in [-0.2, 0) is 6.54 Å². The van der Waals surface area contributed by atoms with Gasteiger partial charge in [-0.05, 0) is 45.6 Å². The van der Waals surface area contributed by atoms with Crippen molar-refractivity contribution in [3.8, 4) is 11.5 Å². The fourth-order valence-electron chi connectivity index (χ4n) is 2.38. The monoisotopic (exact) mass is 353 g/mol. The van der Waals surface area contributed by atoms with Gasteiger partial charge in [-0.2, -0.15) is 0 Å². The lowest BCUT2D eigenvalue weighted by Gasteiger charge is -2.27. The molecule has 0 radical (unpaired) electrons. The molecule has 1 aromatic carbocycles. The zero-order valence-electron chi connectivity index (χ0n) is 11.2. The number of hydrogen-bond donors (Lipinski definition) is 1. The van der Waals surface area contributed by atoms with E-state index in [2.05, 4.69) is 38.8 Å². The third-order valence-corrected chi connectivity index (χ3v) is 5.38. The van der Waals surface area contributed by atoms with E-state index in [0.717, 1.165) is 31.1 Å². The van der Waals surface area contributed by atoms with Crippen LogP contribution in [0.25, 0.3) is 0 Å². The van der Waals surface area contributed by atoms with Crippen LogP contribution in [0.2, 0.25) is 0 Å². The van der Waals surface area contributed by atoms with Crippen LogP contribution in [0.5, 0.6) is 11.5 Å². The summed E-state index contributed by atoms with van der Waals surface area (Å²) in [6, 6.07) is 8.39. The summed E-state index contributed by atoms with van der Waals surface area (Å²) in [4.78, 5) is 1.32. The Balaban J connectivity index is 1.77. The second kappa shape index (κ2) is 6.16. The van der Waals surface area contributed by atoms with Crippen LogP contribution in [0.3, 0.4) is 0 Å². The SMILES string of the molecule is COc1ccc2c(c1)C(NCc1sccc1Br)CCO2. The van der Waals surface area contributed by atoms with Crippen molar-refractivity contribution in [2.24, 2.45) is 0 Å². The molecule has 0 spiro atoms. The summed E-state index contributed by atoms with van der Waals surface area (Å²) >= 11 is 5.33. The lowest BCUT2D eigenvalue weighted by atomic mass is 10.00. The molecule has 0 amide bonds. The number of thiophene rings is 1. The zero-order chi connectivity index (χ0) is 13.9. The highest BCUT2D eigenvalue weighted by atomic mass is 79.9. The zero-order valence-corrected chi connectivity index (χ0v) is 13.6. The number of benzene rings is 1. The van der Waals surface area contributed by atoms with Crippen LogP contribution < -0.4 is 14.8 Å². The molecule has 2 heterocycles. The molecule has 1 aliphatic heterocycles. The van der Waals surface area contributed by atoms with Gasteiger partial charge in [0.1, 0.15) is 11.5 Å². The second-order valence-corrected chi connectivity index (χ2v) is 6.52. The minimum Gasteiger partial charge on any atom is -0.497 e. The van der Waals surface area contributed by atoms with Gasteiger partial charge in [0.05, 0.1) is 13.7 Å². The molecule has 106 valence electrons. The van der Waals surface area contributed by atoms with Crippen molar-refractivity contribution in [3.05, 3.63) is 44.6 Å². The van der Waals surface area contributed by atoms with E-state index < -0.39 is 0 Å². The first kappa shape index (κ1) is 13.9. The van der Waals surface area contributed by atoms with Gasteiger partial charge < -0.3 is 14.8 Å². The summed E-state index contributed by atoms with van der Waals surface area (Å²) in [6.07, 6.45) is 0.975. The molecule has 20 heavy (non-hydrogen) atoms. The Bertz CT molecular complexity index is 599. The molecule has 1 aromatic heterocycles. The van der Waals surface area contributed by atoms with Gasteiger partial charge in [0.2, 0.25) is 0 Å². The maximum atomic E-state index is 5.71. The first-order valence-corrected chi connectivity index (χ1v) is 8.21. The predicted molar refractivity (Wildman–Crippen MR) is 84.7 cm³/mol. The second-order valence-electron chi connectivity index (χ2n) is 4.67. The van der Waals surface area contributed by atoms with Crippen LogP contribution in [0.15, 0.2) is 34.1 Å². The number of fused-ring (bicyclic) bond motifs is 1. The predicted octanol–water partition coefficient (Wildman–Crippen LogP) is 4.13. The van der Waals surface area contributed by atoms with Crippen molar-refractivity contribution in [2.75, 3.05) is 13.7 Å². The Morgan fingerprint density at radius 2 is 2.35 bits per heavy atom. The molecule has 1 unspecified atom stereocenters. The van der Waals surface area contributed by atoms with Crippen molar-refractivity contribution < 1.29 is 9.47 Å². The molecule has 0 saturated carbocycles. The molecule has 0 bridgehead atoms. The Morgan fingerprint density at radius 3 is 3.10 bits per heavy atom. The van der Waals surface area contributed by atoms with Gasteiger partial charge in [-0.1, -0.05) is 0 Å². The van der Waals surface area contributed by atoms with Crippen LogP contribution in [0.4, 0.5) is 0 Å². The summed E-state index contributed by atoms with van der Waals surface area (Å²) < 4.78 is 12.2. The average molecular weight is 354 g/mol. The van der Waals surface area contributed by atoms with E-state index in [1.54, 1.807) is 18.4 Å². The van der Waals surface area contributed by atoms with Crippen LogP contribution in [-0.4, -0.2) is 13.7 Å². The van der Waals surface area contributed by atoms with Gasteiger partial charge in [0, 0.05) is 33.9 Å². The molecule has 3 rings (SSSR count). The van der Waals surface area contributed by atoms with E-state index in [0.29, 0.717) is 6.04 Å². The maximum absolute atomic E-state index is 5.71. The summed E-state index contributed by atoms with van der Waals surface area (Å²) in [5.41, 5.74) is 1.18. The highest BCUT2D eigenvalue weighted by Gasteiger charge is 2.22. The Labute approximate surface area is 131 Å². The standard InChI is InChI=1S/C15H16BrNO2S/c1-18-10-2-3-14-11(8-10)13(4-6-19-14)17-9-15-12(16)5-7-20-15/h2-3,5,7-8,13,17H,4,6,9H2,1H3. The highest BCUT2D eigenvalue weighted by molar-refractivity contribution is 9.10. The lowest BCUT2D eigenvalue weighted by molar-refractivity contribution is 0.251. The normalized spacial score (nSPS) is 17.4. The minimum atomic E-state index is 0.308. The lowest BCUT2D eigenvalue weighted by Crippen LogP contribution is -2.26. The van der Waals surface area contributed by atoms with Gasteiger partial charge in [-0.25, -0.2) is 0 Å². The number of hydrogen-bond acceptors (Lipinski definition) is 4. The van der Waals surface area contributed by atoms with E-state index in [9.17, 15) is 0 Å². The number of ether oxygens (including phenoxy) is 2. The van der Waals surface area contributed by atoms with Crippen molar-refractivity contribution in [2.45, 2.75) is 19.0 Å². The molecule has 0 fully saturated rings. The van der Waals surface area contributed by atoms with Crippen molar-refractivity contribution >= 4 is 27.3 Å².